The van der Waals surface area contributed by atoms with Crippen LogP contribution in [-0.4, -0.2) is 30.3 Å². The van der Waals surface area contributed by atoms with E-state index >= 15 is 0 Å². The van der Waals surface area contributed by atoms with E-state index < -0.39 is 0 Å². The van der Waals surface area contributed by atoms with Gasteiger partial charge in [-0.1, -0.05) is 23.7 Å². The minimum absolute atomic E-state index is 0.0796. The smallest absolute Gasteiger partial charge is 0.243 e. The molecule has 0 aliphatic heterocycles. The van der Waals surface area contributed by atoms with Crippen LogP contribution in [0.4, 0.5) is 10.1 Å². The molecule has 6 heteroatoms. The van der Waals surface area contributed by atoms with E-state index in [1.807, 2.05) is 0 Å². The number of nitrogens with one attached hydrogen (secondary N) is 1. The molecule has 0 aliphatic rings. The third-order valence-corrected chi connectivity index (χ3v) is 3.46. The molecule has 2 aromatic carbocycles. The van der Waals surface area contributed by atoms with E-state index in [9.17, 15) is 14.0 Å². The SMILES string of the molecule is CN(CC(=O)Nc1ccc(F)cc1)C(=O)Cc1ccc(Cl)cc1. The van der Waals surface area contributed by atoms with Crippen molar-refractivity contribution < 1.29 is 14.0 Å². The van der Waals surface area contributed by atoms with Crippen LogP contribution in [-0.2, 0) is 16.0 Å². The molecule has 0 spiro atoms. The van der Waals surface area contributed by atoms with Gasteiger partial charge in [-0.15, -0.1) is 0 Å². The highest BCUT2D eigenvalue weighted by Crippen LogP contribution is 2.11. The minimum Gasteiger partial charge on any atom is -0.336 e. The van der Waals surface area contributed by atoms with Gasteiger partial charge in [0.05, 0.1) is 13.0 Å². The number of hydrogen-bond acceptors (Lipinski definition) is 2. The molecule has 0 bridgehead atoms. The Labute approximate surface area is 138 Å². The summed E-state index contributed by atoms with van der Waals surface area (Å²) >= 11 is 5.79. The van der Waals surface area contributed by atoms with E-state index in [0.717, 1.165) is 5.56 Å². The quantitative estimate of drug-likeness (QED) is 0.913. The first-order valence-electron chi connectivity index (χ1n) is 6.98. The Bertz CT molecular complexity index is 687. The first kappa shape index (κ1) is 17.0. The zero-order valence-corrected chi connectivity index (χ0v) is 13.3. The molecular weight excluding hydrogens is 319 g/mol. The number of nitrogens with zero attached hydrogens (tertiary/aromatic N) is 1. The second kappa shape index (κ2) is 7.74. The summed E-state index contributed by atoms with van der Waals surface area (Å²) in [6, 6.07) is 12.4. The lowest BCUT2D eigenvalue weighted by molar-refractivity contribution is -0.132. The van der Waals surface area contributed by atoms with Gasteiger partial charge in [0, 0.05) is 17.8 Å². The third kappa shape index (κ3) is 5.38. The van der Waals surface area contributed by atoms with E-state index in [1.165, 1.54) is 29.2 Å². The number of rotatable bonds is 5. The Hall–Kier alpha value is -2.40. The molecule has 0 aromatic heterocycles. The average molecular weight is 335 g/mol. The number of benzene rings is 2. The van der Waals surface area contributed by atoms with Crippen LogP contribution in [0.5, 0.6) is 0 Å². The average Bonchev–Trinajstić information content (AvgIpc) is 2.51. The lowest BCUT2D eigenvalue weighted by Crippen LogP contribution is -2.35. The normalized spacial score (nSPS) is 10.2. The van der Waals surface area contributed by atoms with Crippen molar-refractivity contribution in [3.63, 3.8) is 0 Å². The molecule has 2 amide bonds. The van der Waals surface area contributed by atoms with Gasteiger partial charge in [-0.2, -0.15) is 0 Å². The molecule has 0 atom stereocenters. The van der Waals surface area contributed by atoms with Crippen molar-refractivity contribution in [3.05, 3.63) is 64.9 Å². The first-order chi connectivity index (χ1) is 10.9. The Morgan fingerprint density at radius 2 is 1.70 bits per heavy atom. The highest BCUT2D eigenvalue weighted by molar-refractivity contribution is 6.30. The van der Waals surface area contributed by atoms with Gasteiger partial charge in [-0.05, 0) is 42.0 Å². The molecule has 23 heavy (non-hydrogen) atoms. The molecule has 2 rings (SSSR count). The van der Waals surface area contributed by atoms with Crippen LogP contribution < -0.4 is 5.32 Å². The van der Waals surface area contributed by atoms with Crippen molar-refractivity contribution in [2.24, 2.45) is 0 Å². The first-order valence-corrected chi connectivity index (χ1v) is 7.35. The van der Waals surface area contributed by atoms with Crippen molar-refractivity contribution in [1.82, 2.24) is 4.90 Å². The van der Waals surface area contributed by atoms with Crippen molar-refractivity contribution in [3.8, 4) is 0 Å². The van der Waals surface area contributed by atoms with Crippen LogP contribution >= 0.6 is 11.6 Å². The van der Waals surface area contributed by atoms with Gasteiger partial charge in [-0.3, -0.25) is 9.59 Å². The van der Waals surface area contributed by atoms with E-state index in [2.05, 4.69) is 5.32 Å². The maximum absolute atomic E-state index is 12.8. The van der Waals surface area contributed by atoms with Crippen molar-refractivity contribution in [2.75, 3.05) is 18.9 Å². The van der Waals surface area contributed by atoms with Crippen LogP contribution in [0.3, 0.4) is 0 Å². The van der Waals surface area contributed by atoms with Crippen molar-refractivity contribution in [1.29, 1.82) is 0 Å². The predicted octanol–water partition coefficient (Wildman–Crippen LogP) is 3.12. The summed E-state index contributed by atoms with van der Waals surface area (Å²) in [6.07, 6.45) is 0.192. The molecule has 2 aromatic rings. The fourth-order valence-electron chi connectivity index (χ4n) is 1.95. The van der Waals surface area contributed by atoms with Gasteiger partial charge in [0.25, 0.3) is 0 Å². The number of halogens is 2. The van der Waals surface area contributed by atoms with Crippen LogP contribution in [0, 0.1) is 5.82 Å². The number of carbonyl (C=O) groups is 2. The highest BCUT2D eigenvalue weighted by atomic mass is 35.5. The molecule has 120 valence electrons. The molecule has 1 N–H and O–H groups in total. The van der Waals surface area contributed by atoms with Crippen LogP contribution in [0.25, 0.3) is 0 Å². The van der Waals surface area contributed by atoms with Crippen LogP contribution in [0.2, 0.25) is 5.02 Å². The zero-order valence-electron chi connectivity index (χ0n) is 12.6. The Balaban J connectivity index is 1.86. The summed E-state index contributed by atoms with van der Waals surface area (Å²) in [5.41, 5.74) is 1.31. The molecule has 0 aliphatic carbocycles. The summed E-state index contributed by atoms with van der Waals surface area (Å²) < 4.78 is 12.8. The highest BCUT2D eigenvalue weighted by Gasteiger charge is 2.13. The van der Waals surface area contributed by atoms with Gasteiger partial charge >= 0.3 is 0 Å². The number of hydrogen-bond donors (Lipinski definition) is 1. The maximum Gasteiger partial charge on any atom is 0.243 e. The summed E-state index contributed by atoms with van der Waals surface area (Å²) in [7, 11) is 1.56. The molecule has 0 saturated carbocycles. The number of amides is 2. The fraction of sp³-hybridized carbons (Fsp3) is 0.176. The van der Waals surface area contributed by atoms with Crippen LogP contribution in [0.15, 0.2) is 48.5 Å². The largest absolute Gasteiger partial charge is 0.336 e. The number of likely N-dealkylation sites (N-methyl/N-ethyl adjacent to an activating group) is 1. The van der Waals surface area contributed by atoms with Crippen molar-refractivity contribution in [2.45, 2.75) is 6.42 Å². The third-order valence-electron chi connectivity index (χ3n) is 3.20. The standard InChI is InChI=1S/C17H16ClFN2O2/c1-21(17(23)10-12-2-4-13(18)5-3-12)11-16(22)20-15-8-6-14(19)7-9-15/h2-9H,10-11H2,1H3,(H,20,22). The van der Waals surface area contributed by atoms with Crippen LogP contribution in [0.1, 0.15) is 5.56 Å². The Kier molecular flexibility index (Phi) is 5.71. The number of carbonyl (C=O) groups excluding carboxylic acids is 2. The molecule has 0 radical (unpaired) electrons. The fourth-order valence-corrected chi connectivity index (χ4v) is 2.08. The summed E-state index contributed by atoms with van der Waals surface area (Å²) in [5.74, 6) is -0.900. The molecule has 4 nitrogen and oxygen atoms in total. The van der Waals surface area contributed by atoms with Gasteiger partial charge in [0.2, 0.25) is 11.8 Å². The van der Waals surface area contributed by atoms with Gasteiger partial charge < -0.3 is 10.2 Å². The lowest BCUT2D eigenvalue weighted by Gasteiger charge is -2.17. The number of anilines is 1. The van der Waals surface area contributed by atoms with Crippen molar-refractivity contribution >= 4 is 29.1 Å². The summed E-state index contributed by atoms with van der Waals surface area (Å²) in [4.78, 5) is 25.3. The molecule has 0 unspecified atom stereocenters. The lowest BCUT2D eigenvalue weighted by atomic mass is 10.1. The monoisotopic (exact) mass is 334 g/mol. The van der Waals surface area contributed by atoms with Gasteiger partial charge in [0.1, 0.15) is 5.82 Å². The Morgan fingerprint density at radius 3 is 2.30 bits per heavy atom. The molecular formula is C17H16ClFN2O2. The molecule has 0 heterocycles. The molecule has 0 fully saturated rings. The van der Waals surface area contributed by atoms with E-state index in [-0.39, 0.29) is 30.6 Å². The van der Waals surface area contributed by atoms with E-state index in [1.54, 1.807) is 31.3 Å². The predicted molar refractivity (Wildman–Crippen MR) is 87.8 cm³/mol. The summed E-state index contributed by atoms with van der Waals surface area (Å²) in [6.45, 7) is -0.0796. The van der Waals surface area contributed by atoms with Gasteiger partial charge in [-0.25, -0.2) is 4.39 Å². The second-order valence-electron chi connectivity index (χ2n) is 5.11. The topological polar surface area (TPSA) is 49.4 Å². The van der Waals surface area contributed by atoms with E-state index in [4.69, 9.17) is 11.6 Å². The Morgan fingerprint density at radius 1 is 1.09 bits per heavy atom. The van der Waals surface area contributed by atoms with E-state index in [0.29, 0.717) is 10.7 Å². The van der Waals surface area contributed by atoms with Gasteiger partial charge in [0.15, 0.2) is 0 Å². The second-order valence-corrected chi connectivity index (χ2v) is 5.54. The minimum atomic E-state index is -0.377. The molecule has 0 saturated heterocycles. The maximum atomic E-state index is 12.8. The zero-order chi connectivity index (χ0) is 16.8. The summed E-state index contributed by atoms with van der Waals surface area (Å²) in [5, 5.41) is 3.21.